The molecule has 0 spiro atoms. The molecule has 174 valence electrons. The summed E-state index contributed by atoms with van der Waals surface area (Å²) in [7, 11) is 0. The van der Waals surface area contributed by atoms with Crippen molar-refractivity contribution in [2.45, 2.75) is 58.4 Å². The Bertz CT molecular complexity index is 1260. The SMILES string of the molecule is CCCCCCCCC1=CN(c2ccc3cc4ccccc4cc3c2)NN1Cc1ccccc1. The molecule has 34 heavy (non-hydrogen) atoms. The largest absolute Gasteiger partial charge is 0.289 e. The smallest absolute Gasteiger partial charge is 0.0609 e. The third kappa shape index (κ3) is 5.26. The van der Waals surface area contributed by atoms with Crippen LogP contribution in [0.2, 0.25) is 0 Å². The van der Waals surface area contributed by atoms with E-state index in [4.69, 9.17) is 0 Å². The number of nitrogens with one attached hydrogen (secondary N) is 1. The van der Waals surface area contributed by atoms with Gasteiger partial charge in [0.1, 0.15) is 0 Å². The lowest BCUT2D eigenvalue weighted by molar-refractivity contribution is 0.254. The van der Waals surface area contributed by atoms with Crippen LogP contribution < -0.4 is 10.5 Å². The number of unbranched alkanes of at least 4 members (excludes halogenated alkanes) is 5. The number of benzene rings is 4. The van der Waals surface area contributed by atoms with E-state index in [2.05, 4.69) is 114 Å². The molecule has 0 unspecified atom stereocenters. The second kappa shape index (κ2) is 10.8. The zero-order valence-corrected chi connectivity index (χ0v) is 20.2. The standard InChI is InChI=1S/C31H35N3/c1-2-3-4-5-6-10-17-31-24-34(32-33(31)23-25-13-8-7-9-14-25)30-19-18-28-20-26-15-11-12-16-27(26)21-29(28)22-30/h7-9,11-16,18-22,24,32H,2-6,10,17,23H2,1H3. The third-order valence-electron chi connectivity index (χ3n) is 6.79. The van der Waals surface area contributed by atoms with Crippen LogP contribution in [0, 0.1) is 0 Å². The molecule has 0 saturated carbocycles. The molecule has 0 amide bonds. The van der Waals surface area contributed by atoms with Crippen molar-refractivity contribution in [3.63, 3.8) is 0 Å². The number of rotatable bonds is 10. The van der Waals surface area contributed by atoms with Gasteiger partial charge in [-0.15, -0.1) is 5.53 Å². The zero-order chi connectivity index (χ0) is 23.2. The Balaban J connectivity index is 1.35. The highest BCUT2D eigenvalue weighted by Crippen LogP contribution is 2.30. The Kier molecular flexibility index (Phi) is 7.11. The molecule has 3 heteroatoms. The summed E-state index contributed by atoms with van der Waals surface area (Å²) in [5.41, 5.74) is 7.48. The fraction of sp³-hybridized carbons (Fsp3) is 0.290. The van der Waals surface area contributed by atoms with E-state index in [9.17, 15) is 0 Å². The number of hydrogen-bond acceptors (Lipinski definition) is 3. The van der Waals surface area contributed by atoms with Crippen molar-refractivity contribution in [2.24, 2.45) is 0 Å². The maximum absolute atomic E-state index is 3.64. The van der Waals surface area contributed by atoms with Crippen LogP contribution in [0.4, 0.5) is 5.69 Å². The van der Waals surface area contributed by atoms with Gasteiger partial charge in [-0.25, -0.2) is 0 Å². The number of nitrogens with zero attached hydrogens (tertiary/aromatic N) is 2. The first-order chi connectivity index (χ1) is 16.8. The summed E-state index contributed by atoms with van der Waals surface area (Å²) in [6.07, 6.45) is 11.3. The lowest BCUT2D eigenvalue weighted by Crippen LogP contribution is -2.40. The molecule has 1 N–H and O–H groups in total. The summed E-state index contributed by atoms with van der Waals surface area (Å²) in [4.78, 5) is 0. The van der Waals surface area contributed by atoms with Crippen LogP contribution in [0.25, 0.3) is 21.5 Å². The van der Waals surface area contributed by atoms with Crippen LogP contribution >= 0.6 is 0 Å². The van der Waals surface area contributed by atoms with E-state index >= 15 is 0 Å². The van der Waals surface area contributed by atoms with Gasteiger partial charge in [0.15, 0.2) is 0 Å². The first kappa shape index (κ1) is 22.5. The molecule has 0 bridgehead atoms. The van der Waals surface area contributed by atoms with Crippen LogP contribution in [0.5, 0.6) is 0 Å². The van der Waals surface area contributed by atoms with Crippen molar-refractivity contribution < 1.29 is 0 Å². The molecule has 1 aliphatic heterocycles. The molecule has 3 nitrogen and oxygen atoms in total. The predicted molar refractivity (Wildman–Crippen MR) is 145 cm³/mol. The minimum Gasteiger partial charge on any atom is -0.289 e. The summed E-state index contributed by atoms with van der Waals surface area (Å²) in [5, 5.41) is 9.61. The first-order valence-electron chi connectivity index (χ1n) is 12.8. The highest BCUT2D eigenvalue weighted by Gasteiger charge is 2.21. The first-order valence-corrected chi connectivity index (χ1v) is 12.8. The molecule has 0 aromatic heterocycles. The van der Waals surface area contributed by atoms with Crippen LogP contribution in [0.1, 0.15) is 57.4 Å². The summed E-state index contributed by atoms with van der Waals surface area (Å²) in [6.45, 7) is 3.14. The molecule has 1 heterocycles. The minimum absolute atomic E-state index is 0.858. The average Bonchev–Trinajstić information content (AvgIpc) is 3.27. The molecule has 0 fully saturated rings. The van der Waals surface area contributed by atoms with Gasteiger partial charge < -0.3 is 0 Å². The molecular weight excluding hydrogens is 414 g/mol. The van der Waals surface area contributed by atoms with Crippen LogP contribution in [-0.4, -0.2) is 5.01 Å². The molecule has 1 aliphatic rings. The van der Waals surface area contributed by atoms with Crippen molar-refractivity contribution in [3.05, 3.63) is 102 Å². The summed E-state index contributed by atoms with van der Waals surface area (Å²) in [5.74, 6) is 0. The highest BCUT2D eigenvalue weighted by atomic mass is 15.8. The maximum atomic E-state index is 3.64. The van der Waals surface area contributed by atoms with Gasteiger partial charge in [-0.3, -0.25) is 10.0 Å². The number of fused-ring (bicyclic) bond motifs is 2. The summed E-state index contributed by atoms with van der Waals surface area (Å²) in [6, 6.07) is 30.6. The van der Waals surface area contributed by atoms with Gasteiger partial charge in [0.25, 0.3) is 0 Å². The maximum Gasteiger partial charge on any atom is 0.0609 e. The Morgan fingerprint density at radius 1 is 0.647 bits per heavy atom. The number of hydrogen-bond donors (Lipinski definition) is 1. The average molecular weight is 450 g/mol. The number of anilines is 1. The van der Waals surface area contributed by atoms with Gasteiger partial charge in [0.2, 0.25) is 0 Å². The fourth-order valence-corrected chi connectivity index (χ4v) is 4.84. The molecule has 0 radical (unpaired) electrons. The van der Waals surface area contributed by atoms with E-state index in [1.165, 1.54) is 77.0 Å². The molecule has 0 aliphatic carbocycles. The van der Waals surface area contributed by atoms with Gasteiger partial charge in [-0.1, -0.05) is 99.7 Å². The summed E-state index contributed by atoms with van der Waals surface area (Å²) >= 11 is 0. The fourth-order valence-electron chi connectivity index (χ4n) is 4.84. The minimum atomic E-state index is 0.858. The molecular formula is C31H35N3. The lowest BCUT2D eigenvalue weighted by atomic mass is 10.0. The van der Waals surface area contributed by atoms with Gasteiger partial charge in [-0.05, 0) is 64.2 Å². The Morgan fingerprint density at radius 3 is 2.12 bits per heavy atom. The van der Waals surface area contributed by atoms with Crippen molar-refractivity contribution in [1.82, 2.24) is 10.5 Å². The van der Waals surface area contributed by atoms with Crippen molar-refractivity contribution >= 4 is 27.2 Å². The molecule has 0 atom stereocenters. The Hall–Kier alpha value is -3.30. The van der Waals surface area contributed by atoms with Crippen LogP contribution in [0.15, 0.2) is 96.8 Å². The van der Waals surface area contributed by atoms with Gasteiger partial charge in [-0.2, -0.15) is 0 Å². The third-order valence-corrected chi connectivity index (χ3v) is 6.79. The van der Waals surface area contributed by atoms with Crippen molar-refractivity contribution in [2.75, 3.05) is 5.01 Å². The van der Waals surface area contributed by atoms with E-state index < -0.39 is 0 Å². The predicted octanol–water partition coefficient (Wildman–Crippen LogP) is 8.33. The topological polar surface area (TPSA) is 18.5 Å². The van der Waals surface area contributed by atoms with Crippen molar-refractivity contribution in [1.29, 1.82) is 0 Å². The highest BCUT2D eigenvalue weighted by molar-refractivity contribution is 5.99. The second-order valence-corrected chi connectivity index (χ2v) is 9.41. The monoisotopic (exact) mass is 449 g/mol. The van der Waals surface area contributed by atoms with E-state index in [0.29, 0.717) is 0 Å². The van der Waals surface area contributed by atoms with Gasteiger partial charge in [0, 0.05) is 11.9 Å². The lowest BCUT2D eigenvalue weighted by Gasteiger charge is -2.25. The van der Waals surface area contributed by atoms with Crippen LogP contribution in [0.3, 0.4) is 0 Å². The Labute approximate surface area is 203 Å². The normalized spacial score (nSPS) is 13.7. The van der Waals surface area contributed by atoms with E-state index in [1.807, 2.05) is 0 Å². The molecule has 5 rings (SSSR count). The molecule has 4 aromatic carbocycles. The summed E-state index contributed by atoms with van der Waals surface area (Å²) < 4.78 is 0. The van der Waals surface area contributed by atoms with E-state index in [0.717, 1.165) is 13.0 Å². The van der Waals surface area contributed by atoms with Gasteiger partial charge in [0.05, 0.1) is 12.2 Å². The van der Waals surface area contributed by atoms with Crippen LogP contribution in [-0.2, 0) is 6.54 Å². The van der Waals surface area contributed by atoms with Crippen molar-refractivity contribution in [3.8, 4) is 0 Å². The number of hydrazine groups is 2. The Morgan fingerprint density at radius 2 is 1.32 bits per heavy atom. The quantitative estimate of drug-likeness (QED) is 0.194. The van der Waals surface area contributed by atoms with E-state index in [-0.39, 0.29) is 0 Å². The zero-order valence-electron chi connectivity index (χ0n) is 20.2. The van der Waals surface area contributed by atoms with E-state index in [1.54, 1.807) is 0 Å². The van der Waals surface area contributed by atoms with Gasteiger partial charge >= 0.3 is 0 Å². The second-order valence-electron chi connectivity index (χ2n) is 9.41. The molecule has 4 aromatic rings. The number of allylic oxidation sites excluding steroid dienone is 1. The molecule has 0 saturated heterocycles.